The van der Waals surface area contributed by atoms with Gasteiger partial charge in [0.15, 0.2) is 0 Å². The van der Waals surface area contributed by atoms with Crippen LogP contribution in [-0.4, -0.2) is 43.0 Å². The third-order valence-corrected chi connectivity index (χ3v) is 4.06. The van der Waals surface area contributed by atoms with Crippen LogP contribution in [0.5, 0.6) is 0 Å². The van der Waals surface area contributed by atoms with Gasteiger partial charge in [0.2, 0.25) is 0 Å². The van der Waals surface area contributed by atoms with Gasteiger partial charge in [-0.3, -0.25) is 4.90 Å². The molecule has 1 saturated heterocycles. The van der Waals surface area contributed by atoms with Gasteiger partial charge in [0.1, 0.15) is 0 Å². The maximum absolute atomic E-state index is 6.06. The molecule has 2 nitrogen and oxygen atoms in total. The Morgan fingerprint density at radius 3 is 3.00 bits per heavy atom. The lowest BCUT2D eigenvalue weighted by Gasteiger charge is -2.43. The van der Waals surface area contributed by atoms with Crippen LogP contribution < -0.4 is 0 Å². The zero-order chi connectivity index (χ0) is 11.1. The maximum Gasteiger partial charge on any atom is 0.0478 e. The average Bonchev–Trinajstić information content (AvgIpc) is 2.28. The second kappa shape index (κ2) is 4.02. The van der Waals surface area contributed by atoms with Gasteiger partial charge in [-0.1, -0.05) is 17.7 Å². The highest BCUT2D eigenvalue weighted by atomic mass is 35.5. The van der Waals surface area contributed by atoms with E-state index in [2.05, 4.69) is 29.0 Å². The summed E-state index contributed by atoms with van der Waals surface area (Å²) in [6.45, 7) is 4.73. The Hall–Kier alpha value is -0.570. The highest BCUT2D eigenvalue weighted by Gasteiger charge is 2.31. The summed E-state index contributed by atoms with van der Waals surface area (Å²) < 4.78 is 0. The summed E-state index contributed by atoms with van der Waals surface area (Å²) in [4.78, 5) is 5.03. The number of hydrogen-bond donors (Lipinski definition) is 0. The molecule has 0 bridgehead atoms. The number of hydrogen-bond acceptors (Lipinski definition) is 2. The molecular weight excluding hydrogens is 220 g/mol. The van der Waals surface area contributed by atoms with E-state index in [4.69, 9.17) is 11.6 Å². The fraction of sp³-hybridized carbons (Fsp3) is 0.538. The van der Waals surface area contributed by atoms with E-state index >= 15 is 0 Å². The summed E-state index contributed by atoms with van der Waals surface area (Å²) in [5, 5.41) is 0.872. The Balaban J connectivity index is 1.97. The van der Waals surface area contributed by atoms with Gasteiger partial charge >= 0.3 is 0 Å². The SMILES string of the molecule is CN1CCN2CCc3cc(Cl)ccc3C2C1. The molecule has 2 aliphatic rings. The molecule has 0 aliphatic carbocycles. The van der Waals surface area contributed by atoms with Gasteiger partial charge in [-0.25, -0.2) is 0 Å². The van der Waals surface area contributed by atoms with Crippen molar-refractivity contribution in [3.05, 3.63) is 34.3 Å². The van der Waals surface area contributed by atoms with E-state index in [9.17, 15) is 0 Å². The number of nitrogens with zero attached hydrogens (tertiary/aromatic N) is 2. The van der Waals surface area contributed by atoms with Crippen LogP contribution in [0.15, 0.2) is 18.2 Å². The van der Waals surface area contributed by atoms with Gasteiger partial charge < -0.3 is 4.90 Å². The largest absolute Gasteiger partial charge is 0.303 e. The molecule has 0 spiro atoms. The number of likely N-dealkylation sites (N-methyl/N-ethyl adjacent to an activating group) is 1. The Kier molecular flexibility index (Phi) is 2.66. The number of benzene rings is 1. The van der Waals surface area contributed by atoms with Crippen molar-refractivity contribution >= 4 is 11.6 Å². The smallest absolute Gasteiger partial charge is 0.0478 e. The zero-order valence-electron chi connectivity index (χ0n) is 9.62. The molecule has 1 aromatic rings. The van der Waals surface area contributed by atoms with Gasteiger partial charge in [-0.05, 0) is 36.7 Å². The van der Waals surface area contributed by atoms with E-state index in [1.807, 2.05) is 6.07 Å². The quantitative estimate of drug-likeness (QED) is 0.682. The molecule has 3 rings (SSSR count). The molecule has 1 atom stereocenters. The van der Waals surface area contributed by atoms with Gasteiger partial charge in [0.05, 0.1) is 0 Å². The summed E-state index contributed by atoms with van der Waals surface area (Å²) in [6, 6.07) is 6.97. The molecule has 0 aromatic heterocycles. The van der Waals surface area contributed by atoms with E-state index in [0.29, 0.717) is 6.04 Å². The Bertz CT molecular complexity index is 405. The van der Waals surface area contributed by atoms with Gasteiger partial charge in [0, 0.05) is 37.2 Å². The minimum Gasteiger partial charge on any atom is -0.303 e. The fourth-order valence-electron chi connectivity index (χ4n) is 2.90. The van der Waals surface area contributed by atoms with Crippen molar-refractivity contribution in [1.82, 2.24) is 9.80 Å². The van der Waals surface area contributed by atoms with Crippen molar-refractivity contribution in [2.24, 2.45) is 0 Å². The van der Waals surface area contributed by atoms with E-state index in [-0.39, 0.29) is 0 Å². The molecule has 1 aromatic carbocycles. The number of fused-ring (bicyclic) bond motifs is 3. The number of rotatable bonds is 0. The first kappa shape index (κ1) is 10.6. The monoisotopic (exact) mass is 236 g/mol. The molecule has 2 aliphatic heterocycles. The van der Waals surface area contributed by atoms with Crippen molar-refractivity contribution in [3.8, 4) is 0 Å². The molecule has 1 fully saturated rings. The molecule has 0 radical (unpaired) electrons. The predicted octanol–water partition coefficient (Wildman–Crippen LogP) is 2.18. The van der Waals surface area contributed by atoms with Gasteiger partial charge in [-0.15, -0.1) is 0 Å². The Labute approximate surface area is 102 Å². The normalized spacial score (nSPS) is 26.2. The topological polar surface area (TPSA) is 6.48 Å². The van der Waals surface area contributed by atoms with Crippen LogP contribution in [0.4, 0.5) is 0 Å². The first-order valence-corrected chi connectivity index (χ1v) is 6.33. The maximum atomic E-state index is 6.06. The van der Waals surface area contributed by atoms with Crippen molar-refractivity contribution in [3.63, 3.8) is 0 Å². The van der Waals surface area contributed by atoms with E-state index in [1.165, 1.54) is 30.8 Å². The van der Waals surface area contributed by atoms with Crippen LogP contribution in [0.1, 0.15) is 17.2 Å². The standard InChI is InChI=1S/C13H17ClN2/c1-15-6-7-16-5-4-10-8-11(14)2-3-12(10)13(16)9-15/h2-3,8,13H,4-7,9H2,1H3. The van der Waals surface area contributed by atoms with Crippen molar-refractivity contribution in [2.45, 2.75) is 12.5 Å². The van der Waals surface area contributed by atoms with Crippen LogP contribution in [0.3, 0.4) is 0 Å². The Morgan fingerprint density at radius 1 is 1.25 bits per heavy atom. The highest BCUT2D eigenvalue weighted by Crippen LogP contribution is 2.33. The second-order valence-electron chi connectivity index (χ2n) is 4.91. The average molecular weight is 237 g/mol. The molecule has 0 saturated carbocycles. The lowest BCUT2D eigenvalue weighted by Crippen LogP contribution is -2.49. The van der Waals surface area contributed by atoms with Crippen LogP contribution in [0.25, 0.3) is 0 Å². The molecule has 0 amide bonds. The van der Waals surface area contributed by atoms with Gasteiger partial charge in [-0.2, -0.15) is 0 Å². The highest BCUT2D eigenvalue weighted by molar-refractivity contribution is 6.30. The van der Waals surface area contributed by atoms with E-state index < -0.39 is 0 Å². The van der Waals surface area contributed by atoms with Crippen molar-refractivity contribution < 1.29 is 0 Å². The molecule has 3 heteroatoms. The first-order chi connectivity index (χ1) is 7.74. The summed E-state index contributed by atoms with van der Waals surface area (Å²) in [5.74, 6) is 0. The molecule has 0 N–H and O–H groups in total. The lowest BCUT2D eigenvalue weighted by atomic mass is 9.91. The van der Waals surface area contributed by atoms with Gasteiger partial charge in [0.25, 0.3) is 0 Å². The number of halogens is 1. The summed E-state index contributed by atoms with van der Waals surface area (Å²) >= 11 is 6.06. The summed E-state index contributed by atoms with van der Waals surface area (Å²) in [7, 11) is 2.21. The molecule has 2 heterocycles. The third kappa shape index (κ3) is 1.75. The zero-order valence-corrected chi connectivity index (χ0v) is 10.4. The summed E-state index contributed by atoms with van der Waals surface area (Å²) in [6.07, 6.45) is 1.15. The minimum atomic E-state index is 0.583. The number of piperazine rings is 1. The predicted molar refractivity (Wildman–Crippen MR) is 67.0 cm³/mol. The third-order valence-electron chi connectivity index (χ3n) is 3.83. The Morgan fingerprint density at radius 2 is 2.12 bits per heavy atom. The lowest BCUT2D eigenvalue weighted by molar-refractivity contribution is 0.0826. The van der Waals surface area contributed by atoms with Crippen molar-refractivity contribution in [1.29, 1.82) is 0 Å². The molecule has 16 heavy (non-hydrogen) atoms. The van der Waals surface area contributed by atoms with E-state index in [0.717, 1.165) is 18.0 Å². The first-order valence-electron chi connectivity index (χ1n) is 5.95. The van der Waals surface area contributed by atoms with Crippen LogP contribution in [-0.2, 0) is 6.42 Å². The molecular formula is C13H17ClN2. The van der Waals surface area contributed by atoms with Crippen LogP contribution in [0.2, 0.25) is 5.02 Å². The fourth-order valence-corrected chi connectivity index (χ4v) is 3.09. The molecule has 1 unspecified atom stereocenters. The molecule has 86 valence electrons. The minimum absolute atomic E-state index is 0.583. The second-order valence-corrected chi connectivity index (χ2v) is 5.34. The van der Waals surface area contributed by atoms with Crippen LogP contribution >= 0.6 is 11.6 Å². The van der Waals surface area contributed by atoms with E-state index in [1.54, 1.807) is 0 Å². The van der Waals surface area contributed by atoms with Crippen LogP contribution in [0, 0.1) is 0 Å². The summed E-state index contributed by atoms with van der Waals surface area (Å²) in [5.41, 5.74) is 2.94. The van der Waals surface area contributed by atoms with Crippen molar-refractivity contribution in [2.75, 3.05) is 33.2 Å².